The summed E-state index contributed by atoms with van der Waals surface area (Å²) in [6.07, 6.45) is 1.81. The van der Waals surface area contributed by atoms with Gasteiger partial charge in [-0.25, -0.2) is 4.79 Å². The number of carbonyl (C=O) groups excluding carboxylic acids is 3. The van der Waals surface area contributed by atoms with E-state index < -0.39 is 53.7 Å². The Morgan fingerprint density at radius 2 is 2.00 bits per heavy atom. The normalized spacial score (nSPS) is 33.1. The number of epoxide rings is 1. The van der Waals surface area contributed by atoms with Gasteiger partial charge in [0.2, 0.25) is 5.91 Å². The molecule has 43 heavy (non-hydrogen) atoms. The second-order valence-corrected chi connectivity index (χ2v) is 12.0. The molecule has 7 atom stereocenters. The number of hydrogen-bond donors (Lipinski definition) is 2. The van der Waals surface area contributed by atoms with E-state index in [0.717, 1.165) is 11.1 Å². The summed E-state index contributed by atoms with van der Waals surface area (Å²) < 4.78 is 28.6. The fraction of sp³-hybridized carbons (Fsp3) is 0.581. The quantitative estimate of drug-likeness (QED) is 0.377. The third-order valence-electron chi connectivity index (χ3n) is 8.51. The minimum Gasteiger partial charge on any atom is -0.495 e. The van der Waals surface area contributed by atoms with Crippen molar-refractivity contribution in [2.45, 2.75) is 89.1 Å². The van der Waals surface area contributed by atoms with E-state index in [1.807, 2.05) is 32.1 Å². The van der Waals surface area contributed by atoms with E-state index in [1.54, 1.807) is 33.0 Å². The highest BCUT2D eigenvalue weighted by Gasteiger charge is 2.64. The van der Waals surface area contributed by atoms with Gasteiger partial charge in [0.1, 0.15) is 34.7 Å². The molecule has 2 fully saturated rings. The Morgan fingerprint density at radius 3 is 2.65 bits per heavy atom. The van der Waals surface area contributed by atoms with E-state index in [-0.39, 0.29) is 30.2 Å². The lowest BCUT2D eigenvalue weighted by atomic mass is 9.83. The highest BCUT2D eigenvalue weighted by Crippen LogP contribution is 2.49. The van der Waals surface area contributed by atoms with Gasteiger partial charge in [-0.2, -0.15) is 0 Å². The van der Waals surface area contributed by atoms with Gasteiger partial charge in [0.15, 0.2) is 5.72 Å². The summed E-state index contributed by atoms with van der Waals surface area (Å²) in [5, 5.41) is 14.3. The summed E-state index contributed by atoms with van der Waals surface area (Å²) in [7, 11) is 4.56. The molecule has 11 nitrogen and oxygen atoms in total. The van der Waals surface area contributed by atoms with Crippen molar-refractivity contribution in [3.05, 3.63) is 46.5 Å². The molecule has 2 amide bonds. The van der Waals surface area contributed by atoms with Gasteiger partial charge in [0.25, 0.3) is 0 Å². The van der Waals surface area contributed by atoms with Gasteiger partial charge in [-0.1, -0.05) is 49.2 Å². The van der Waals surface area contributed by atoms with E-state index in [4.69, 9.17) is 35.3 Å². The molecule has 0 unspecified atom stereocenters. The van der Waals surface area contributed by atoms with Crippen LogP contribution in [0.2, 0.25) is 5.02 Å². The molecule has 3 heterocycles. The molecule has 1 aromatic carbocycles. The van der Waals surface area contributed by atoms with Gasteiger partial charge in [-0.3, -0.25) is 14.9 Å². The number of rotatable bonds is 4. The van der Waals surface area contributed by atoms with Crippen molar-refractivity contribution in [2.75, 3.05) is 26.2 Å². The van der Waals surface area contributed by atoms with Crippen LogP contribution in [-0.4, -0.2) is 80.1 Å². The van der Waals surface area contributed by atoms with Gasteiger partial charge in [-0.05, 0) is 38.0 Å². The Bertz CT molecular complexity index is 1320. The third kappa shape index (κ3) is 6.85. The average Bonchev–Trinajstić information content (AvgIpc) is 3.66. The zero-order valence-corrected chi connectivity index (χ0v) is 26.4. The first-order chi connectivity index (χ1) is 20.3. The Kier molecular flexibility index (Phi) is 9.80. The number of esters is 1. The summed E-state index contributed by atoms with van der Waals surface area (Å²) in [4.78, 5) is 40.2. The SMILES string of the molecule is CCC(=O)O[C@H]1CC(=O)N(C)c2cc(cc(OC)c2Cl)CC(C)=CC=C[C@@H](OC)[C@@]2(O)C[C@H](OC(=O)N2)[C@@H](C)[C@@H]2O[C@@]12C. The van der Waals surface area contributed by atoms with Gasteiger partial charge < -0.3 is 33.7 Å². The summed E-state index contributed by atoms with van der Waals surface area (Å²) >= 11 is 6.66. The molecule has 2 N–H and O–H groups in total. The predicted molar refractivity (Wildman–Crippen MR) is 159 cm³/mol. The maximum Gasteiger partial charge on any atom is 0.409 e. The maximum atomic E-state index is 13.7. The monoisotopic (exact) mass is 620 g/mol. The van der Waals surface area contributed by atoms with Crippen LogP contribution in [0.4, 0.5) is 10.5 Å². The van der Waals surface area contributed by atoms with Crippen LogP contribution in [-0.2, 0) is 35.0 Å². The van der Waals surface area contributed by atoms with E-state index >= 15 is 0 Å². The molecule has 0 spiro atoms. The van der Waals surface area contributed by atoms with Gasteiger partial charge in [-0.15, -0.1) is 0 Å². The number of anilines is 1. The minimum atomic E-state index is -1.76. The fourth-order valence-corrected chi connectivity index (χ4v) is 6.16. The maximum absolute atomic E-state index is 13.7. The molecule has 3 aliphatic rings. The molecular formula is C31H41ClN2O9. The molecule has 1 aromatic rings. The number of alkyl carbamates (subject to hydrolysis) is 1. The first-order valence-corrected chi connectivity index (χ1v) is 14.7. The van der Waals surface area contributed by atoms with Crippen molar-refractivity contribution >= 4 is 35.3 Å². The van der Waals surface area contributed by atoms with Crippen molar-refractivity contribution < 1.29 is 43.2 Å². The molecule has 0 aromatic heterocycles. The number of halogens is 1. The number of fused-ring (bicyclic) bond motifs is 5. The van der Waals surface area contributed by atoms with Gasteiger partial charge in [0.05, 0.1) is 25.3 Å². The van der Waals surface area contributed by atoms with Gasteiger partial charge >= 0.3 is 12.1 Å². The lowest BCUT2D eigenvalue weighted by Crippen LogP contribution is -2.63. The standard InChI is InChI=1S/C31H41ClN2O9/c1-8-26(36)42-24-15-25(35)34(5)20-13-19(14-21(39-6)27(20)32)12-17(2)10-9-11-23(40-7)31(38)16-22(41-29(37)33-31)18(3)28-30(24,4)43-28/h9-11,13-14,18,22-24,28,38H,8,12,15-16H2,1-7H3,(H,33,37)/t18-,22+,23-,24+,28+,30+,31+/m1/s1. The number of aliphatic hydroxyl groups is 1. The van der Waals surface area contributed by atoms with Crippen molar-refractivity contribution in [3.63, 3.8) is 0 Å². The topological polar surface area (TPSA) is 136 Å². The number of hydrogen-bond acceptors (Lipinski definition) is 9. The Labute approximate surface area is 257 Å². The van der Waals surface area contributed by atoms with Crippen LogP contribution in [0.25, 0.3) is 0 Å². The van der Waals surface area contributed by atoms with E-state index in [0.29, 0.717) is 17.9 Å². The third-order valence-corrected chi connectivity index (χ3v) is 8.89. The summed E-state index contributed by atoms with van der Waals surface area (Å²) in [6.45, 7) is 7.20. The second-order valence-electron chi connectivity index (χ2n) is 11.6. The van der Waals surface area contributed by atoms with Crippen LogP contribution in [0, 0.1) is 5.92 Å². The van der Waals surface area contributed by atoms with E-state index in [2.05, 4.69) is 5.32 Å². The van der Waals surface area contributed by atoms with E-state index in [1.165, 1.54) is 19.1 Å². The number of carbonyl (C=O) groups is 3. The number of nitrogens with zero attached hydrogens (tertiary/aromatic N) is 1. The predicted octanol–water partition coefficient (Wildman–Crippen LogP) is 4.08. The molecule has 2 saturated heterocycles. The number of methoxy groups -OCH3 is 2. The fourth-order valence-electron chi connectivity index (χ4n) is 5.85. The Morgan fingerprint density at radius 1 is 1.28 bits per heavy atom. The van der Waals surface area contributed by atoms with Gasteiger partial charge in [0, 0.05) is 32.9 Å². The van der Waals surface area contributed by atoms with Crippen molar-refractivity contribution in [3.8, 4) is 5.75 Å². The average molecular weight is 621 g/mol. The summed E-state index contributed by atoms with van der Waals surface area (Å²) in [5.41, 5.74) is -0.564. The summed E-state index contributed by atoms with van der Waals surface area (Å²) in [6, 6.07) is 3.63. The molecule has 3 aliphatic heterocycles. The number of amides is 2. The summed E-state index contributed by atoms with van der Waals surface area (Å²) in [5.74, 6) is -0.854. The van der Waals surface area contributed by atoms with Crippen LogP contribution in [0.15, 0.2) is 35.9 Å². The molecule has 4 bridgehead atoms. The van der Waals surface area contributed by atoms with E-state index in [9.17, 15) is 19.5 Å². The van der Waals surface area contributed by atoms with Crippen molar-refractivity contribution in [1.29, 1.82) is 0 Å². The van der Waals surface area contributed by atoms with Crippen molar-refractivity contribution in [2.24, 2.45) is 5.92 Å². The smallest absolute Gasteiger partial charge is 0.409 e. The lowest BCUT2D eigenvalue weighted by Gasteiger charge is -2.42. The largest absolute Gasteiger partial charge is 0.495 e. The van der Waals surface area contributed by atoms with Crippen LogP contribution in [0.5, 0.6) is 5.75 Å². The lowest BCUT2D eigenvalue weighted by molar-refractivity contribution is -0.153. The molecular weight excluding hydrogens is 580 g/mol. The minimum absolute atomic E-state index is 0.00655. The Balaban J connectivity index is 1.79. The highest BCUT2D eigenvalue weighted by molar-refractivity contribution is 6.35. The van der Waals surface area contributed by atoms with Crippen LogP contribution >= 0.6 is 11.6 Å². The Hall–Kier alpha value is -3.12. The first kappa shape index (κ1) is 32.8. The molecule has 0 radical (unpaired) electrons. The zero-order chi connectivity index (χ0) is 31.7. The highest BCUT2D eigenvalue weighted by atomic mass is 35.5. The molecule has 12 heteroatoms. The number of benzene rings is 1. The van der Waals surface area contributed by atoms with Crippen LogP contribution in [0.1, 0.15) is 52.5 Å². The van der Waals surface area contributed by atoms with Crippen LogP contribution in [0.3, 0.4) is 0 Å². The molecule has 0 saturated carbocycles. The molecule has 0 aliphatic carbocycles. The van der Waals surface area contributed by atoms with Crippen LogP contribution < -0.4 is 15.0 Å². The molecule has 4 rings (SSSR count). The number of allylic oxidation sites excluding steroid dienone is 3. The molecule has 236 valence electrons. The second kappa shape index (κ2) is 12.9. The van der Waals surface area contributed by atoms with Crippen molar-refractivity contribution in [1.82, 2.24) is 5.32 Å². The zero-order valence-electron chi connectivity index (χ0n) is 25.6. The number of nitrogens with one attached hydrogen (secondary N) is 1. The number of ether oxygens (including phenoxy) is 5. The first-order valence-electron chi connectivity index (χ1n) is 14.3.